The molecule has 2 atom stereocenters. The molecule has 0 amide bonds. The van der Waals surface area contributed by atoms with Crippen molar-refractivity contribution in [3.63, 3.8) is 0 Å². The van der Waals surface area contributed by atoms with Gasteiger partial charge in [-0.15, -0.1) is 0 Å². The molecule has 0 fully saturated rings. The van der Waals surface area contributed by atoms with Crippen LogP contribution in [0.4, 0.5) is 0 Å². The molecule has 1 aromatic rings. The quantitative estimate of drug-likeness (QED) is 0.822. The van der Waals surface area contributed by atoms with Crippen molar-refractivity contribution >= 4 is 0 Å². The van der Waals surface area contributed by atoms with E-state index in [4.69, 9.17) is 5.73 Å². The van der Waals surface area contributed by atoms with Gasteiger partial charge >= 0.3 is 0 Å². The second-order valence-corrected chi connectivity index (χ2v) is 5.11. The van der Waals surface area contributed by atoms with E-state index in [9.17, 15) is 0 Å². The number of benzene rings is 1. The van der Waals surface area contributed by atoms with Crippen LogP contribution in [0.5, 0.6) is 0 Å². The summed E-state index contributed by atoms with van der Waals surface area (Å²) in [5, 5.41) is 3.43. The summed E-state index contributed by atoms with van der Waals surface area (Å²) in [7, 11) is 2.03. The van der Waals surface area contributed by atoms with Gasteiger partial charge in [-0.05, 0) is 69.0 Å². The fourth-order valence-corrected chi connectivity index (χ4v) is 2.49. The molecule has 2 unspecified atom stereocenters. The summed E-state index contributed by atoms with van der Waals surface area (Å²) in [5.41, 5.74) is 11.2. The van der Waals surface area contributed by atoms with Crippen LogP contribution in [0, 0.1) is 26.7 Å². The Bertz CT molecular complexity index is 371. The zero-order valence-corrected chi connectivity index (χ0v) is 11.8. The lowest BCUT2D eigenvalue weighted by Gasteiger charge is -2.26. The molecule has 0 aliphatic rings. The van der Waals surface area contributed by atoms with E-state index in [1.165, 1.54) is 22.3 Å². The Morgan fingerprint density at radius 1 is 1.12 bits per heavy atom. The summed E-state index contributed by atoms with van der Waals surface area (Å²) < 4.78 is 0. The molecule has 1 rings (SSSR count). The summed E-state index contributed by atoms with van der Waals surface area (Å²) in [6, 6.07) is 5.00. The van der Waals surface area contributed by atoms with Crippen molar-refractivity contribution in [3.05, 3.63) is 34.4 Å². The van der Waals surface area contributed by atoms with Crippen molar-refractivity contribution in [1.82, 2.24) is 5.32 Å². The van der Waals surface area contributed by atoms with E-state index in [1.54, 1.807) is 0 Å². The maximum absolute atomic E-state index is 5.66. The summed E-state index contributed by atoms with van der Waals surface area (Å²) in [6.07, 6.45) is 1.05. The smallest absolute Gasteiger partial charge is 0.0346 e. The first-order chi connectivity index (χ1) is 8.01. The van der Waals surface area contributed by atoms with Gasteiger partial charge in [-0.3, -0.25) is 0 Å². The molecular weight excluding hydrogens is 208 g/mol. The Labute approximate surface area is 106 Å². The molecule has 0 spiro atoms. The molecule has 0 heterocycles. The van der Waals surface area contributed by atoms with Crippen LogP contribution in [-0.4, -0.2) is 13.6 Å². The number of rotatable bonds is 5. The Balaban J connectivity index is 3.07. The van der Waals surface area contributed by atoms with Crippen molar-refractivity contribution in [1.29, 1.82) is 0 Å². The molecule has 0 aliphatic carbocycles. The number of hydrogen-bond donors (Lipinski definition) is 2. The average molecular weight is 234 g/mol. The molecule has 0 aromatic heterocycles. The second kappa shape index (κ2) is 6.18. The average Bonchev–Trinajstić information content (AvgIpc) is 2.26. The highest BCUT2D eigenvalue weighted by molar-refractivity contribution is 5.38. The van der Waals surface area contributed by atoms with Gasteiger partial charge < -0.3 is 11.1 Å². The first-order valence-corrected chi connectivity index (χ1v) is 6.46. The number of hydrogen-bond acceptors (Lipinski definition) is 2. The van der Waals surface area contributed by atoms with Crippen LogP contribution in [-0.2, 0) is 0 Å². The summed E-state index contributed by atoms with van der Waals surface area (Å²) in [5.74, 6) is 0.561. The van der Waals surface area contributed by atoms with Crippen LogP contribution in [0.2, 0.25) is 0 Å². The molecule has 0 bridgehead atoms. The van der Waals surface area contributed by atoms with Gasteiger partial charge in [-0.25, -0.2) is 0 Å². The van der Waals surface area contributed by atoms with Gasteiger partial charge in [0.15, 0.2) is 0 Å². The van der Waals surface area contributed by atoms with E-state index in [-0.39, 0.29) is 0 Å². The fourth-order valence-electron chi connectivity index (χ4n) is 2.49. The minimum atomic E-state index is 0.401. The van der Waals surface area contributed by atoms with Crippen LogP contribution in [0.1, 0.15) is 41.6 Å². The molecule has 17 heavy (non-hydrogen) atoms. The number of nitrogens with one attached hydrogen (secondary N) is 1. The maximum Gasteiger partial charge on any atom is 0.0346 e. The van der Waals surface area contributed by atoms with E-state index in [1.807, 2.05) is 7.05 Å². The van der Waals surface area contributed by atoms with Crippen molar-refractivity contribution in [2.75, 3.05) is 13.6 Å². The Morgan fingerprint density at radius 2 is 1.71 bits per heavy atom. The molecule has 96 valence electrons. The summed E-state index contributed by atoms with van der Waals surface area (Å²) >= 11 is 0. The molecule has 2 nitrogen and oxygen atoms in total. The van der Waals surface area contributed by atoms with Crippen LogP contribution >= 0.6 is 0 Å². The third kappa shape index (κ3) is 3.30. The molecular formula is C15H26N2. The Hall–Kier alpha value is -0.860. The lowest BCUT2D eigenvalue weighted by molar-refractivity contribution is 0.390. The van der Waals surface area contributed by atoms with Crippen LogP contribution < -0.4 is 11.1 Å². The molecule has 0 saturated heterocycles. The molecule has 0 saturated carbocycles. The van der Waals surface area contributed by atoms with E-state index in [0.717, 1.165) is 13.0 Å². The van der Waals surface area contributed by atoms with Crippen LogP contribution in [0.25, 0.3) is 0 Å². The van der Waals surface area contributed by atoms with Crippen molar-refractivity contribution in [2.45, 2.75) is 40.2 Å². The molecule has 0 aliphatic heterocycles. The minimum absolute atomic E-state index is 0.401. The maximum atomic E-state index is 5.66. The molecule has 1 aromatic carbocycles. The molecule has 0 radical (unpaired) electrons. The van der Waals surface area contributed by atoms with E-state index < -0.39 is 0 Å². The zero-order valence-electron chi connectivity index (χ0n) is 11.8. The van der Waals surface area contributed by atoms with E-state index >= 15 is 0 Å². The van der Waals surface area contributed by atoms with Gasteiger partial charge in [-0.2, -0.15) is 0 Å². The first-order valence-electron chi connectivity index (χ1n) is 6.46. The van der Waals surface area contributed by atoms with Gasteiger partial charge in [0.1, 0.15) is 0 Å². The number of nitrogens with two attached hydrogens (primary N) is 1. The Kier molecular flexibility index (Phi) is 5.16. The second-order valence-electron chi connectivity index (χ2n) is 5.11. The van der Waals surface area contributed by atoms with Crippen molar-refractivity contribution in [2.24, 2.45) is 11.7 Å². The van der Waals surface area contributed by atoms with E-state index in [2.05, 4.69) is 45.1 Å². The highest BCUT2D eigenvalue weighted by atomic mass is 14.9. The summed E-state index contributed by atoms with van der Waals surface area (Å²) in [4.78, 5) is 0. The van der Waals surface area contributed by atoms with Crippen LogP contribution in [0.15, 0.2) is 12.1 Å². The van der Waals surface area contributed by atoms with Crippen molar-refractivity contribution in [3.8, 4) is 0 Å². The highest BCUT2D eigenvalue weighted by Gasteiger charge is 2.19. The highest BCUT2D eigenvalue weighted by Crippen LogP contribution is 2.28. The van der Waals surface area contributed by atoms with E-state index in [0.29, 0.717) is 12.0 Å². The third-order valence-electron chi connectivity index (χ3n) is 3.72. The Morgan fingerprint density at radius 3 is 2.24 bits per heavy atom. The lowest BCUT2D eigenvalue weighted by Crippen LogP contribution is -2.26. The zero-order chi connectivity index (χ0) is 13.0. The minimum Gasteiger partial charge on any atom is -0.330 e. The van der Waals surface area contributed by atoms with Gasteiger partial charge in [0.25, 0.3) is 0 Å². The predicted octanol–water partition coefficient (Wildman–Crippen LogP) is 2.86. The molecule has 3 N–H and O–H groups in total. The van der Waals surface area contributed by atoms with Gasteiger partial charge in [-0.1, -0.05) is 19.1 Å². The standard InChI is InChI=1S/C15H26N2/c1-10(6-7-16)15(17-5)14-9-12(3)11(2)8-13(14)4/h8-10,15,17H,6-7,16H2,1-5H3. The third-order valence-corrected chi connectivity index (χ3v) is 3.72. The van der Waals surface area contributed by atoms with Gasteiger partial charge in [0.2, 0.25) is 0 Å². The fraction of sp³-hybridized carbons (Fsp3) is 0.600. The first kappa shape index (κ1) is 14.2. The number of aryl methyl sites for hydroxylation is 3. The van der Waals surface area contributed by atoms with Gasteiger partial charge in [0.05, 0.1) is 0 Å². The predicted molar refractivity (Wildman–Crippen MR) is 75.3 cm³/mol. The van der Waals surface area contributed by atoms with Crippen molar-refractivity contribution < 1.29 is 0 Å². The summed E-state index contributed by atoms with van der Waals surface area (Å²) in [6.45, 7) is 9.57. The SMILES string of the molecule is CNC(c1cc(C)c(C)cc1C)C(C)CCN. The molecule has 2 heteroatoms. The monoisotopic (exact) mass is 234 g/mol. The lowest BCUT2D eigenvalue weighted by atomic mass is 9.87. The largest absolute Gasteiger partial charge is 0.330 e. The normalized spacial score (nSPS) is 14.7. The topological polar surface area (TPSA) is 38.0 Å². The van der Waals surface area contributed by atoms with Gasteiger partial charge in [0, 0.05) is 6.04 Å². The van der Waals surface area contributed by atoms with Crippen LogP contribution in [0.3, 0.4) is 0 Å².